The van der Waals surface area contributed by atoms with Gasteiger partial charge in [-0.2, -0.15) is 0 Å². The molecule has 1 heterocycles. The van der Waals surface area contributed by atoms with Crippen LogP contribution in [0.4, 0.5) is 0 Å². The van der Waals surface area contributed by atoms with Crippen LogP contribution in [0.15, 0.2) is 28.7 Å². The van der Waals surface area contributed by atoms with E-state index in [1.807, 2.05) is 16.8 Å². The summed E-state index contributed by atoms with van der Waals surface area (Å²) in [5.74, 6) is 0.848. The van der Waals surface area contributed by atoms with Crippen LogP contribution < -0.4 is 5.32 Å². The van der Waals surface area contributed by atoms with Crippen LogP contribution in [-0.2, 0) is 6.54 Å². The van der Waals surface area contributed by atoms with E-state index in [0.29, 0.717) is 12.6 Å². The zero-order valence-electron chi connectivity index (χ0n) is 11.3. The normalized spacial score (nSPS) is 12.9. The summed E-state index contributed by atoms with van der Waals surface area (Å²) in [4.78, 5) is 0. The minimum Gasteiger partial charge on any atom is -0.308 e. The fourth-order valence-electron chi connectivity index (χ4n) is 1.83. The molecule has 19 heavy (non-hydrogen) atoms. The van der Waals surface area contributed by atoms with E-state index in [0.717, 1.165) is 10.3 Å². The van der Waals surface area contributed by atoms with Crippen LogP contribution >= 0.6 is 15.9 Å². The molecule has 0 amide bonds. The van der Waals surface area contributed by atoms with Crippen molar-refractivity contribution in [3.63, 3.8) is 0 Å². The number of benzene rings is 1. The van der Waals surface area contributed by atoms with Crippen LogP contribution in [0, 0.1) is 0 Å². The highest BCUT2D eigenvalue weighted by atomic mass is 79.9. The zero-order valence-corrected chi connectivity index (χ0v) is 12.9. The molecule has 0 radical (unpaired) electrons. The third-order valence-electron chi connectivity index (χ3n) is 2.93. The van der Waals surface area contributed by atoms with Crippen LogP contribution in [-0.4, -0.2) is 26.2 Å². The van der Waals surface area contributed by atoms with E-state index in [-0.39, 0.29) is 6.04 Å². The van der Waals surface area contributed by atoms with Crippen LogP contribution in [0.3, 0.4) is 0 Å². The van der Waals surface area contributed by atoms with E-state index >= 15 is 0 Å². The quantitative estimate of drug-likeness (QED) is 0.918. The van der Waals surface area contributed by atoms with E-state index in [1.54, 1.807) is 0 Å². The lowest BCUT2D eigenvalue weighted by Crippen LogP contribution is -2.25. The van der Waals surface area contributed by atoms with Crippen molar-refractivity contribution >= 4 is 15.9 Å². The van der Waals surface area contributed by atoms with Gasteiger partial charge in [0, 0.05) is 10.5 Å². The van der Waals surface area contributed by atoms with Gasteiger partial charge in [-0.05, 0) is 35.0 Å². The van der Waals surface area contributed by atoms with E-state index in [4.69, 9.17) is 0 Å². The number of hydrogen-bond acceptors (Lipinski definition) is 4. The molecule has 0 fully saturated rings. The minimum atomic E-state index is 0.108. The van der Waals surface area contributed by atoms with Gasteiger partial charge in [-0.15, -0.1) is 5.10 Å². The molecule has 0 aliphatic carbocycles. The van der Waals surface area contributed by atoms with E-state index < -0.39 is 0 Å². The largest absolute Gasteiger partial charge is 0.308 e. The Kier molecular flexibility index (Phi) is 4.66. The highest BCUT2D eigenvalue weighted by Gasteiger charge is 2.15. The van der Waals surface area contributed by atoms with E-state index in [2.05, 4.69) is 69.7 Å². The lowest BCUT2D eigenvalue weighted by atomic mass is 10.1. The van der Waals surface area contributed by atoms with Crippen molar-refractivity contribution in [3.8, 4) is 0 Å². The first-order valence-electron chi connectivity index (χ1n) is 6.33. The number of nitrogens with zero attached hydrogens (tertiary/aromatic N) is 4. The zero-order chi connectivity index (χ0) is 13.8. The smallest absolute Gasteiger partial charge is 0.165 e. The van der Waals surface area contributed by atoms with Gasteiger partial charge in [-0.25, -0.2) is 4.68 Å². The Morgan fingerprint density at radius 2 is 2.11 bits per heavy atom. The first kappa shape index (κ1) is 14.1. The van der Waals surface area contributed by atoms with Gasteiger partial charge in [0.1, 0.15) is 0 Å². The second-order valence-electron chi connectivity index (χ2n) is 4.81. The standard InChI is InChI=1S/C13H18BrN5/c1-9(2)15-8-13-16-17-18-19(13)10(3)11-5-4-6-12(14)7-11/h4-7,9-10,15H,8H2,1-3H3. The SMILES string of the molecule is CC(C)NCc1nnnn1C(C)c1cccc(Br)c1. The Balaban J connectivity index is 2.19. The van der Waals surface area contributed by atoms with Gasteiger partial charge < -0.3 is 5.32 Å². The van der Waals surface area contributed by atoms with Crippen molar-refractivity contribution in [2.75, 3.05) is 0 Å². The predicted octanol–water partition coefficient (Wildman–Crippen LogP) is 2.54. The Morgan fingerprint density at radius 3 is 2.79 bits per heavy atom. The van der Waals surface area contributed by atoms with Crippen molar-refractivity contribution in [3.05, 3.63) is 40.1 Å². The molecule has 0 spiro atoms. The highest BCUT2D eigenvalue weighted by molar-refractivity contribution is 9.10. The number of tetrazole rings is 1. The van der Waals surface area contributed by atoms with Crippen LogP contribution in [0.5, 0.6) is 0 Å². The lowest BCUT2D eigenvalue weighted by molar-refractivity contribution is 0.490. The van der Waals surface area contributed by atoms with Crippen molar-refractivity contribution < 1.29 is 0 Å². The molecule has 5 nitrogen and oxygen atoms in total. The van der Waals surface area contributed by atoms with Crippen molar-refractivity contribution in [1.82, 2.24) is 25.5 Å². The summed E-state index contributed by atoms with van der Waals surface area (Å²) in [6, 6.07) is 8.72. The molecule has 1 N–H and O–H groups in total. The summed E-state index contributed by atoms with van der Waals surface area (Å²) in [7, 11) is 0. The molecule has 102 valence electrons. The van der Waals surface area contributed by atoms with Crippen LogP contribution in [0.25, 0.3) is 0 Å². The second kappa shape index (κ2) is 6.25. The molecule has 0 aliphatic rings. The molecule has 0 saturated heterocycles. The summed E-state index contributed by atoms with van der Waals surface area (Å²) >= 11 is 3.49. The van der Waals surface area contributed by atoms with Gasteiger partial charge in [0.2, 0.25) is 0 Å². The van der Waals surface area contributed by atoms with E-state index in [1.165, 1.54) is 5.56 Å². The second-order valence-corrected chi connectivity index (χ2v) is 5.72. The average Bonchev–Trinajstić information content (AvgIpc) is 2.83. The first-order valence-corrected chi connectivity index (χ1v) is 7.13. The molecule has 0 bridgehead atoms. The topological polar surface area (TPSA) is 55.6 Å². The highest BCUT2D eigenvalue weighted by Crippen LogP contribution is 2.21. The summed E-state index contributed by atoms with van der Waals surface area (Å²) in [6.45, 7) is 6.97. The summed E-state index contributed by atoms with van der Waals surface area (Å²) in [5, 5.41) is 15.3. The Hall–Kier alpha value is -1.27. The molecule has 1 aromatic carbocycles. The fourth-order valence-corrected chi connectivity index (χ4v) is 2.25. The molecule has 0 aliphatic heterocycles. The van der Waals surface area contributed by atoms with Crippen LogP contribution in [0.2, 0.25) is 0 Å². The number of nitrogens with one attached hydrogen (secondary N) is 1. The van der Waals surface area contributed by atoms with Gasteiger partial charge in [0.25, 0.3) is 0 Å². The van der Waals surface area contributed by atoms with E-state index in [9.17, 15) is 0 Å². The molecule has 2 rings (SSSR count). The van der Waals surface area contributed by atoms with Gasteiger partial charge in [-0.3, -0.25) is 0 Å². The maximum Gasteiger partial charge on any atom is 0.165 e. The maximum absolute atomic E-state index is 4.10. The number of halogens is 1. The predicted molar refractivity (Wildman–Crippen MR) is 77.7 cm³/mol. The summed E-state index contributed by atoms with van der Waals surface area (Å²) in [5.41, 5.74) is 1.17. The minimum absolute atomic E-state index is 0.108. The monoisotopic (exact) mass is 323 g/mol. The summed E-state index contributed by atoms with van der Waals surface area (Å²) in [6.07, 6.45) is 0. The molecular weight excluding hydrogens is 306 g/mol. The van der Waals surface area contributed by atoms with Gasteiger partial charge in [-0.1, -0.05) is 41.9 Å². The molecule has 0 saturated carbocycles. The first-order chi connectivity index (χ1) is 9.08. The van der Waals surface area contributed by atoms with Crippen molar-refractivity contribution in [2.45, 2.75) is 39.4 Å². The molecule has 1 aromatic heterocycles. The fraction of sp³-hybridized carbons (Fsp3) is 0.462. The Bertz CT molecular complexity index is 537. The number of hydrogen-bond donors (Lipinski definition) is 1. The van der Waals surface area contributed by atoms with Gasteiger partial charge >= 0.3 is 0 Å². The molecule has 1 atom stereocenters. The third kappa shape index (κ3) is 3.61. The van der Waals surface area contributed by atoms with Crippen molar-refractivity contribution in [1.29, 1.82) is 0 Å². The molecule has 1 unspecified atom stereocenters. The summed E-state index contributed by atoms with van der Waals surface area (Å²) < 4.78 is 2.92. The average molecular weight is 324 g/mol. The van der Waals surface area contributed by atoms with Crippen molar-refractivity contribution in [2.24, 2.45) is 0 Å². The lowest BCUT2D eigenvalue weighted by Gasteiger charge is -2.15. The number of rotatable bonds is 5. The van der Waals surface area contributed by atoms with Gasteiger partial charge in [0.15, 0.2) is 5.82 Å². The maximum atomic E-state index is 4.10. The van der Waals surface area contributed by atoms with Crippen LogP contribution in [0.1, 0.15) is 38.2 Å². The van der Waals surface area contributed by atoms with Gasteiger partial charge in [0.05, 0.1) is 12.6 Å². The number of aromatic nitrogens is 4. The Morgan fingerprint density at radius 1 is 1.32 bits per heavy atom. The molecular formula is C13H18BrN5. The Labute approximate surface area is 121 Å². The third-order valence-corrected chi connectivity index (χ3v) is 3.42. The molecule has 2 aromatic rings. The molecule has 6 heteroatoms.